The van der Waals surface area contributed by atoms with Gasteiger partial charge in [0.05, 0.1) is 11.5 Å². The van der Waals surface area contributed by atoms with Crippen molar-refractivity contribution in [1.82, 2.24) is 4.90 Å². The van der Waals surface area contributed by atoms with Crippen molar-refractivity contribution in [3.63, 3.8) is 0 Å². The average molecular weight is 276 g/mol. The van der Waals surface area contributed by atoms with E-state index < -0.39 is 4.92 Å². The van der Waals surface area contributed by atoms with E-state index in [1.165, 1.54) is 18.6 Å². The number of rotatable bonds is 4. The summed E-state index contributed by atoms with van der Waals surface area (Å²) in [5.74, 6) is -0.0469. The first-order valence-corrected chi connectivity index (χ1v) is 7.02. The molecule has 0 bridgehead atoms. The number of nitrogens with zero attached hydrogens (tertiary/aromatic N) is 2. The predicted molar refractivity (Wildman–Crippen MR) is 76.9 cm³/mol. The Kier molecular flexibility index (Phi) is 4.49. The Bertz CT molecular complexity index is 506. The number of carbonyl (C=O) groups is 1. The summed E-state index contributed by atoms with van der Waals surface area (Å²) in [5.41, 5.74) is 0.389. The number of hydrogen-bond acceptors (Lipinski definition) is 4. The van der Waals surface area contributed by atoms with Crippen molar-refractivity contribution in [1.29, 1.82) is 0 Å². The van der Waals surface area contributed by atoms with Gasteiger partial charge in [-0.1, -0.05) is 18.6 Å². The molecule has 0 amide bonds. The molecule has 2 rings (SSSR count). The topological polar surface area (TPSA) is 63.5 Å². The van der Waals surface area contributed by atoms with Crippen molar-refractivity contribution in [2.24, 2.45) is 0 Å². The number of Topliss-reactive ketones (excluding diaryl/α,β-unsaturated/α-hetero) is 1. The minimum atomic E-state index is -0.469. The summed E-state index contributed by atoms with van der Waals surface area (Å²) >= 11 is 0. The maximum absolute atomic E-state index is 12.3. The van der Waals surface area contributed by atoms with Crippen LogP contribution in [0, 0.1) is 10.1 Å². The van der Waals surface area contributed by atoms with Crippen LogP contribution in [0.15, 0.2) is 24.3 Å². The third kappa shape index (κ3) is 3.22. The number of likely N-dealkylation sites (tertiary alicyclic amines) is 1. The van der Waals surface area contributed by atoms with E-state index in [0.29, 0.717) is 24.2 Å². The van der Waals surface area contributed by atoms with Gasteiger partial charge >= 0.3 is 0 Å². The summed E-state index contributed by atoms with van der Waals surface area (Å²) in [5, 5.41) is 10.8. The molecule has 0 aromatic heterocycles. The van der Waals surface area contributed by atoms with Crippen LogP contribution in [0.5, 0.6) is 0 Å². The highest BCUT2D eigenvalue weighted by molar-refractivity contribution is 5.98. The van der Waals surface area contributed by atoms with Gasteiger partial charge in [-0.3, -0.25) is 19.8 Å². The van der Waals surface area contributed by atoms with Gasteiger partial charge in [-0.2, -0.15) is 0 Å². The zero-order valence-electron chi connectivity index (χ0n) is 11.9. The van der Waals surface area contributed by atoms with Crippen LogP contribution in [0.25, 0.3) is 0 Å². The molecule has 0 radical (unpaired) electrons. The Labute approximate surface area is 118 Å². The van der Waals surface area contributed by atoms with Crippen molar-refractivity contribution < 1.29 is 9.72 Å². The molecule has 1 aromatic rings. The number of nitro benzene ring substituents is 1. The molecule has 1 aliphatic heterocycles. The van der Waals surface area contributed by atoms with Gasteiger partial charge in [-0.05, 0) is 26.7 Å². The highest BCUT2D eigenvalue weighted by Gasteiger charge is 2.26. The monoisotopic (exact) mass is 276 g/mol. The second-order valence-electron chi connectivity index (χ2n) is 5.53. The largest absolute Gasteiger partial charge is 0.293 e. The number of carbonyl (C=O) groups excluding carboxylic acids is 1. The van der Waals surface area contributed by atoms with Gasteiger partial charge in [-0.25, -0.2) is 0 Å². The van der Waals surface area contributed by atoms with Gasteiger partial charge < -0.3 is 0 Å². The maximum Gasteiger partial charge on any atom is 0.270 e. The van der Waals surface area contributed by atoms with Crippen molar-refractivity contribution >= 4 is 11.5 Å². The first kappa shape index (κ1) is 14.7. The Morgan fingerprint density at radius 2 is 2.00 bits per heavy atom. The lowest BCUT2D eigenvalue weighted by Gasteiger charge is -2.38. The molecule has 1 aromatic carbocycles. The molecule has 108 valence electrons. The molecule has 1 heterocycles. The molecule has 1 saturated heterocycles. The Balaban J connectivity index is 2.11. The fraction of sp³-hybridized carbons (Fsp3) is 0.533. The minimum Gasteiger partial charge on any atom is -0.293 e. The highest BCUT2D eigenvalue weighted by atomic mass is 16.6. The number of non-ortho nitro benzene ring substituents is 1. The normalized spacial score (nSPS) is 23.5. The summed E-state index contributed by atoms with van der Waals surface area (Å²) in [6.45, 7) is 4.61. The van der Waals surface area contributed by atoms with Crippen LogP contribution < -0.4 is 0 Å². The van der Waals surface area contributed by atoms with Crippen molar-refractivity contribution in [3.05, 3.63) is 39.9 Å². The van der Waals surface area contributed by atoms with Crippen LogP contribution in [0.4, 0.5) is 5.69 Å². The number of piperidine rings is 1. The van der Waals surface area contributed by atoms with E-state index in [1.54, 1.807) is 12.1 Å². The van der Waals surface area contributed by atoms with Crippen LogP contribution >= 0.6 is 0 Å². The third-order valence-electron chi connectivity index (χ3n) is 4.08. The Morgan fingerprint density at radius 3 is 2.60 bits per heavy atom. The molecule has 1 fully saturated rings. The Morgan fingerprint density at radius 1 is 1.35 bits per heavy atom. The summed E-state index contributed by atoms with van der Waals surface area (Å²) in [6.07, 6.45) is 3.41. The maximum atomic E-state index is 12.3. The van der Waals surface area contributed by atoms with E-state index in [2.05, 4.69) is 18.7 Å². The van der Waals surface area contributed by atoms with E-state index in [0.717, 1.165) is 12.8 Å². The van der Waals surface area contributed by atoms with E-state index in [-0.39, 0.29) is 11.5 Å². The number of nitro groups is 1. The number of hydrogen-bond donors (Lipinski definition) is 0. The smallest absolute Gasteiger partial charge is 0.270 e. The zero-order valence-corrected chi connectivity index (χ0v) is 11.9. The Hall–Kier alpha value is -1.75. The fourth-order valence-corrected chi connectivity index (χ4v) is 2.84. The van der Waals surface area contributed by atoms with Gasteiger partial charge in [0.1, 0.15) is 0 Å². The molecule has 0 saturated carbocycles. The molecule has 0 aliphatic carbocycles. The van der Waals surface area contributed by atoms with E-state index >= 15 is 0 Å². The molecule has 0 N–H and O–H groups in total. The van der Waals surface area contributed by atoms with Crippen LogP contribution in [-0.4, -0.2) is 34.2 Å². The van der Waals surface area contributed by atoms with Crippen molar-refractivity contribution in [3.8, 4) is 0 Å². The van der Waals surface area contributed by atoms with Crippen molar-refractivity contribution in [2.45, 2.75) is 45.2 Å². The molecule has 1 aliphatic rings. The molecule has 0 spiro atoms. The van der Waals surface area contributed by atoms with Crippen LogP contribution in [-0.2, 0) is 0 Å². The SMILES string of the molecule is C[C@@H]1CCC[C@H](C)N1CC(=O)c1cccc([N+](=O)[O-])c1. The van der Waals surface area contributed by atoms with E-state index in [1.807, 2.05) is 0 Å². The number of benzene rings is 1. The average Bonchev–Trinajstić information content (AvgIpc) is 2.43. The first-order chi connectivity index (χ1) is 9.49. The summed E-state index contributed by atoms with van der Waals surface area (Å²) in [4.78, 5) is 24.8. The quantitative estimate of drug-likeness (QED) is 0.481. The first-order valence-electron chi connectivity index (χ1n) is 7.02. The van der Waals surface area contributed by atoms with Crippen molar-refractivity contribution in [2.75, 3.05) is 6.54 Å². The summed E-state index contributed by atoms with van der Waals surface area (Å²) in [6, 6.07) is 6.76. The standard InChI is InChI=1S/C15H20N2O3/c1-11-5-3-6-12(2)16(11)10-15(18)13-7-4-8-14(9-13)17(19)20/h4,7-9,11-12H,3,5-6,10H2,1-2H3/t11-,12+. The molecular weight excluding hydrogens is 256 g/mol. The second-order valence-corrected chi connectivity index (χ2v) is 5.53. The second kappa shape index (κ2) is 6.13. The van der Waals surface area contributed by atoms with Gasteiger partial charge in [-0.15, -0.1) is 0 Å². The van der Waals surface area contributed by atoms with E-state index in [4.69, 9.17) is 0 Å². The predicted octanol–water partition coefficient (Wildman–Crippen LogP) is 3.04. The van der Waals surface area contributed by atoms with E-state index in [9.17, 15) is 14.9 Å². The van der Waals surface area contributed by atoms with Crippen LogP contribution in [0.1, 0.15) is 43.5 Å². The molecule has 2 atom stereocenters. The lowest BCUT2D eigenvalue weighted by atomic mass is 9.96. The molecule has 20 heavy (non-hydrogen) atoms. The molecule has 0 unspecified atom stereocenters. The van der Waals surface area contributed by atoms with Gasteiger partial charge in [0.15, 0.2) is 5.78 Å². The lowest BCUT2D eigenvalue weighted by Crippen LogP contribution is -2.46. The summed E-state index contributed by atoms with van der Waals surface area (Å²) in [7, 11) is 0. The lowest BCUT2D eigenvalue weighted by molar-refractivity contribution is -0.384. The highest BCUT2D eigenvalue weighted by Crippen LogP contribution is 2.23. The van der Waals surface area contributed by atoms with Gasteiger partial charge in [0.25, 0.3) is 5.69 Å². The van der Waals surface area contributed by atoms with Crippen LogP contribution in [0.2, 0.25) is 0 Å². The minimum absolute atomic E-state index is 0.0319. The number of ketones is 1. The summed E-state index contributed by atoms with van der Waals surface area (Å²) < 4.78 is 0. The fourth-order valence-electron chi connectivity index (χ4n) is 2.84. The zero-order chi connectivity index (χ0) is 14.7. The molecular formula is C15H20N2O3. The molecule has 5 nitrogen and oxygen atoms in total. The van der Waals surface area contributed by atoms with Crippen LogP contribution in [0.3, 0.4) is 0 Å². The molecule has 5 heteroatoms. The van der Waals surface area contributed by atoms with Gasteiger partial charge in [0, 0.05) is 29.8 Å². The third-order valence-corrected chi connectivity index (χ3v) is 4.08. The van der Waals surface area contributed by atoms with Gasteiger partial charge in [0.2, 0.25) is 0 Å².